The molecule has 1 saturated heterocycles. The third-order valence-corrected chi connectivity index (χ3v) is 3.14. The van der Waals surface area contributed by atoms with E-state index in [4.69, 9.17) is 22.1 Å². The van der Waals surface area contributed by atoms with Gasteiger partial charge in [-0.1, -0.05) is 0 Å². The van der Waals surface area contributed by atoms with Crippen molar-refractivity contribution in [1.29, 1.82) is 0 Å². The number of halogens is 2. The van der Waals surface area contributed by atoms with E-state index in [1.54, 1.807) is 0 Å². The second-order valence-corrected chi connectivity index (χ2v) is 4.50. The van der Waals surface area contributed by atoms with Gasteiger partial charge in [-0.3, -0.25) is 4.57 Å². The third kappa shape index (κ3) is 1.79. The van der Waals surface area contributed by atoms with E-state index in [1.165, 1.54) is 10.9 Å². The van der Waals surface area contributed by atoms with E-state index in [-0.39, 0.29) is 34.4 Å². The maximum atomic E-state index is 12.5. The maximum Gasteiger partial charge on any atom is 0.226 e. The van der Waals surface area contributed by atoms with Crippen molar-refractivity contribution < 1.29 is 19.3 Å². The first-order valence-electron chi connectivity index (χ1n) is 5.51. The van der Waals surface area contributed by atoms with Crippen LogP contribution in [0, 0.1) is 0 Å². The lowest BCUT2D eigenvalue weighted by Crippen LogP contribution is -2.27. The molecular formula is C10H9ClFN5O3. The van der Waals surface area contributed by atoms with Gasteiger partial charge < -0.3 is 20.7 Å². The summed E-state index contributed by atoms with van der Waals surface area (Å²) in [6.07, 6.45) is -2.58. The van der Waals surface area contributed by atoms with Gasteiger partial charge >= 0.3 is 0 Å². The Morgan fingerprint density at radius 3 is 2.85 bits per heavy atom. The van der Waals surface area contributed by atoms with Gasteiger partial charge in [0, 0.05) is 0 Å². The summed E-state index contributed by atoms with van der Waals surface area (Å²) in [6.45, 7) is 0. The predicted molar refractivity (Wildman–Crippen MR) is 66.1 cm³/mol. The number of hydrogen-bond donors (Lipinski definition) is 3. The molecule has 2 unspecified atom stereocenters. The minimum Gasteiger partial charge on any atom is -0.466 e. The molecule has 0 aromatic carbocycles. The number of ether oxygens (including phenoxy) is 1. The number of fused-ring (bicyclic) bond motifs is 1. The van der Waals surface area contributed by atoms with Crippen molar-refractivity contribution >= 4 is 28.6 Å². The minimum atomic E-state index is -1.47. The molecule has 8 nitrogen and oxygen atoms in total. The summed E-state index contributed by atoms with van der Waals surface area (Å²) in [4.78, 5) is 11.7. The van der Waals surface area contributed by atoms with E-state index in [0.29, 0.717) is 0 Å². The Hall–Kier alpha value is -1.97. The van der Waals surface area contributed by atoms with Gasteiger partial charge in [-0.25, -0.2) is 9.37 Å². The molecule has 0 radical (unpaired) electrons. The number of nitrogen functional groups attached to an aromatic ring is 1. The topological polar surface area (TPSA) is 119 Å². The van der Waals surface area contributed by atoms with Crippen LogP contribution in [0.2, 0.25) is 5.28 Å². The number of imidazole rings is 1. The molecule has 1 fully saturated rings. The smallest absolute Gasteiger partial charge is 0.226 e. The zero-order valence-electron chi connectivity index (χ0n) is 9.81. The van der Waals surface area contributed by atoms with Gasteiger partial charge in [-0.2, -0.15) is 9.97 Å². The van der Waals surface area contributed by atoms with Crippen molar-refractivity contribution in [3.63, 3.8) is 0 Å². The molecule has 2 aromatic heterocycles. The lowest BCUT2D eigenvalue weighted by atomic mass is 10.2. The third-order valence-electron chi connectivity index (χ3n) is 2.97. The van der Waals surface area contributed by atoms with Crippen LogP contribution in [0.4, 0.5) is 10.2 Å². The zero-order valence-corrected chi connectivity index (χ0v) is 10.6. The molecule has 20 heavy (non-hydrogen) atoms. The Morgan fingerprint density at radius 2 is 2.20 bits per heavy atom. The van der Waals surface area contributed by atoms with Gasteiger partial charge in [0.25, 0.3) is 0 Å². The first-order chi connectivity index (χ1) is 9.52. The molecule has 1 aliphatic heterocycles. The maximum absolute atomic E-state index is 12.5. The highest BCUT2D eigenvalue weighted by Gasteiger charge is 2.42. The van der Waals surface area contributed by atoms with Gasteiger partial charge in [-0.05, 0) is 11.6 Å². The lowest BCUT2D eigenvalue weighted by Gasteiger charge is -2.15. The summed E-state index contributed by atoms with van der Waals surface area (Å²) in [5.41, 5.74) is 6.12. The number of nitrogens with two attached hydrogens (primary N) is 1. The zero-order chi connectivity index (χ0) is 14.4. The van der Waals surface area contributed by atoms with Crippen LogP contribution in [0.1, 0.15) is 6.23 Å². The van der Waals surface area contributed by atoms with Crippen molar-refractivity contribution in [2.75, 3.05) is 5.73 Å². The summed E-state index contributed by atoms with van der Waals surface area (Å²) in [6, 6.07) is 0. The molecule has 4 N–H and O–H groups in total. The molecule has 10 heteroatoms. The minimum absolute atomic E-state index is 0.0630. The predicted octanol–water partition coefficient (Wildman–Crippen LogP) is 0.123. The fourth-order valence-electron chi connectivity index (χ4n) is 2.01. The highest BCUT2D eigenvalue weighted by Crippen LogP contribution is 2.34. The Bertz CT molecular complexity index is 706. The Kier molecular flexibility index (Phi) is 2.96. The monoisotopic (exact) mass is 301 g/mol. The SMILES string of the molecule is Nc1nc(Cl)nc2c1ncn2[C@@H]1O/C(=C/F)C(O)C1O. The van der Waals surface area contributed by atoms with Crippen LogP contribution in [0.5, 0.6) is 0 Å². The first-order valence-corrected chi connectivity index (χ1v) is 5.89. The van der Waals surface area contributed by atoms with Gasteiger partial charge in [0.15, 0.2) is 17.2 Å². The normalized spacial score (nSPS) is 28.2. The van der Waals surface area contributed by atoms with Gasteiger partial charge in [-0.15, -0.1) is 0 Å². The van der Waals surface area contributed by atoms with E-state index < -0.39 is 18.4 Å². The number of hydrogen-bond acceptors (Lipinski definition) is 7. The molecule has 0 aliphatic carbocycles. The van der Waals surface area contributed by atoms with Crippen molar-refractivity contribution in [3.05, 3.63) is 23.7 Å². The van der Waals surface area contributed by atoms with E-state index >= 15 is 0 Å². The summed E-state index contributed by atoms with van der Waals surface area (Å²) >= 11 is 5.71. The number of aliphatic hydroxyl groups is 2. The molecule has 106 valence electrons. The molecule has 0 bridgehead atoms. The van der Waals surface area contributed by atoms with Crippen molar-refractivity contribution in [1.82, 2.24) is 19.5 Å². The number of nitrogens with zero attached hydrogens (tertiary/aromatic N) is 4. The Morgan fingerprint density at radius 1 is 1.45 bits per heavy atom. The fraction of sp³-hybridized carbons (Fsp3) is 0.300. The van der Waals surface area contributed by atoms with Crippen molar-refractivity contribution in [2.45, 2.75) is 18.4 Å². The molecule has 3 heterocycles. The van der Waals surface area contributed by atoms with Crippen molar-refractivity contribution in [2.24, 2.45) is 0 Å². The van der Waals surface area contributed by atoms with Crippen LogP contribution in [-0.4, -0.2) is 41.9 Å². The summed E-state index contributed by atoms with van der Waals surface area (Å²) in [7, 11) is 0. The molecule has 1 aliphatic rings. The number of aliphatic hydroxyl groups excluding tert-OH is 2. The van der Waals surface area contributed by atoms with Crippen LogP contribution in [0.3, 0.4) is 0 Å². The second kappa shape index (κ2) is 4.54. The average molecular weight is 302 g/mol. The molecule has 0 spiro atoms. The summed E-state index contributed by atoms with van der Waals surface area (Å²) in [5, 5.41) is 19.4. The molecule has 0 amide bonds. The van der Waals surface area contributed by atoms with Gasteiger partial charge in [0.1, 0.15) is 30.4 Å². The fourth-order valence-corrected chi connectivity index (χ4v) is 2.18. The highest BCUT2D eigenvalue weighted by atomic mass is 35.5. The van der Waals surface area contributed by atoms with E-state index in [0.717, 1.165) is 0 Å². The Labute approximate surface area is 116 Å². The largest absolute Gasteiger partial charge is 0.466 e. The molecule has 0 saturated carbocycles. The number of anilines is 1. The second-order valence-electron chi connectivity index (χ2n) is 4.16. The van der Waals surface area contributed by atoms with Crippen LogP contribution < -0.4 is 5.73 Å². The average Bonchev–Trinajstić information content (AvgIpc) is 2.93. The molecule has 2 aromatic rings. The van der Waals surface area contributed by atoms with Crippen LogP contribution in [-0.2, 0) is 4.74 Å². The Balaban J connectivity index is 2.12. The van der Waals surface area contributed by atoms with Gasteiger partial charge in [0.2, 0.25) is 11.5 Å². The first kappa shape index (κ1) is 13.0. The van der Waals surface area contributed by atoms with Crippen molar-refractivity contribution in [3.8, 4) is 0 Å². The standard InChI is InChI=1S/C10H9ClFN5O3/c11-10-15-7(13)4-8(16-10)17(2-14-4)9-6(19)5(18)3(1-12)20-9/h1-2,5-6,9,18-19H,(H2,13,15,16)/b3-1+/t5?,6?,9-/m1/s1. The molecule has 3 atom stereocenters. The van der Waals surface area contributed by atoms with Crippen LogP contribution >= 0.6 is 11.6 Å². The summed E-state index contributed by atoms with van der Waals surface area (Å²) < 4.78 is 19.0. The summed E-state index contributed by atoms with van der Waals surface area (Å²) in [5.74, 6) is -0.314. The van der Waals surface area contributed by atoms with Crippen LogP contribution in [0.15, 0.2) is 18.4 Å². The van der Waals surface area contributed by atoms with Gasteiger partial charge in [0.05, 0.1) is 0 Å². The molecule has 3 rings (SSSR count). The van der Waals surface area contributed by atoms with E-state index in [2.05, 4.69) is 15.0 Å². The highest BCUT2D eigenvalue weighted by molar-refractivity contribution is 6.28. The van der Waals surface area contributed by atoms with E-state index in [1.807, 2.05) is 0 Å². The number of rotatable bonds is 1. The quantitative estimate of drug-likeness (QED) is 0.640. The lowest BCUT2D eigenvalue weighted by molar-refractivity contribution is -0.0120. The van der Waals surface area contributed by atoms with E-state index in [9.17, 15) is 14.6 Å². The molecular weight excluding hydrogens is 293 g/mol. The number of aromatic nitrogens is 4. The van der Waals surface area contributed by atoms with Crippen LogP contribution in [0.25, 0.3) is 11.2 Å².